The second-order valence-electron chi connectivity index (χ2n) is 4.56. The molecule has 2 fully saturated rings. The van der Waals surface area contributed by atoms with Crippen LogP contribution in [0.4, 0.5) is 0 Å². The van der Waals surface area contributed by atoms with Gasteiger partial charge in [-0.2, -0.15) is 0 Å². The van der Waals surface area contributed by atoms with E-state index >= 15 is 0 Å². The van der Waals surface area contributed by atoms with Crippen LogP contribution in [0.2, 0.25) is 0 Å². The first-order chi connectivity index (χ1) is 4.81. The summed E-state index contributed by atoms with van der Waals surface area (Å²) in [6.45, 7) is 2.42. The predicted octanol–water partition coefficient (Wildman–Crippen LogP) is 3.37. The quantitative estimate of drug-likeness (QED) is 0.481. The van der Waals surface area contributed by atoms with Crippen LogP contribution in [0.5, 0.6) is 0 Å². The molecule has 58 valence electrons. The van der Waals surface area contributed by atoms with Crippen molar-refractivity contribution in [3.05, 3.63) is 0 Å². The summed E-state index contributed by atoms with van der Waals surface area (Å²) in [4.78, 5) is 0. The average Bonchev–Trinajstić information content (AvgIpc) is 2.46. The van der Waals surface area contributed by atoms with Crippen LogP contribution in [-0.4, -0.2) is 0 Å². The normalized spacial score (nSPS) is 37.5. The molecule has 0 unspecified atom stereocenters. The predicted molar refractivity (Wildman–Crippen MR) is 43.9 cm³/mol. The molecule has 0 amide bonds. The van der Waals surface area contributed by atoms with Gasteiger partial charge < -0.3 is 0 Å². The largest absolute Gasteiger partial charge is 0.0625 e. The molecule has 2 aliphatic rings. The molecular formula is C10H18. The van der Waals surface area contributed by atoms with E-state index in [4.69, 9.17) is 0 Å². The topological polar surface area (TPSA) is 0 Å². The molecule has 1 atom stereocenters. The van der Waals surface area contributed by atoms with E-state index in [9.17, 15) is 0 Å². The summed E-state index contributed by atoms with van der Waals surface area (Å²) in [5.41, 5.74) is 0.861. The van der Waals surface area contributed by atoms with E-state index in [1.54, 1.807) is 25.7 Å². The van der Waals surface area contributed by atoms with Crippen LogP contribution in [0.25, 0.3) is 0 Å². The summed E-state index contributed by atoms with van der Waals surface area (Å²) < 4.78 is 0. The summed E-state index contributed by atoms with van der Waals surface area (Å²) in [5.74, 6) is 1.04. The lowest BCUT2D eigenvalue weighted by Crippen LogP contribution is -2.10. The van der Waals surface area contributed by atoms with Crippen LogP contribution >= 0.6 is 0 Å². The summed E-state index contributed by atoms with van der Waals surface area (Å²) >= 11 is 0. The Bertz CT molecular complexity index is 120. The molecule has 0 nitrogen and oxygen atoms in total. The van der Waals surface area contributed by atoms with E-state index < -0.39 is 0 Å². The van der Waals surface area contributed by atoms with Crippen molar-refractivity contribution in [3.63, 3.8) is 0 Å². The SMILES string of the molecule is C[C@@H]1CCC2(CCCC2)C1. The van der Waals surface area contributed by atoms with Crippen molar-refractivity contribution in [2.24, 2.45) is 11.3 Å². The molecule has 1 spiro atoms. The van der Waals surface area contributed by atoms with Crippen LogP contribution in [0.15, 0.2) is 0 Å². The fourth-order valence-electron chi connectivity index (χ4n) is 3.08. The number of hydrogen-bond acceptors (Lipinski definition) is 0. The molecule has 0 saturated heterocycles. The highest BCUT2D eigenvalue weighted by molar-refractivity contribution is 4.90. The van der Waals surface area contributed by atoms with Gasteiger partial charge in [0.05, 0.1) is 0 Å². The second kappa shape index (κ2) is 2.25. The number of hydrogen-bond donors (Lipinski definition) is 0. The Balaban J connectivity index is 2.03. The maximum atomic E-state index is 2.42. The van der Waals surface area contributed by atoms with Crippen molar-refractivity contribution >= 4 is 0 Å². The fraction of sp³-hybridized carbons (Fsp3) is 1.00. The molecule has 2 saturated carbocycles. The lowest BCUT2D eigenvalue weighted by atomic mass is 9.84. The van der Waals surface area contributed by atoms with Gasteiger partial charge in [-0.3, -0.25) is 0 Å². The van der Waals surface area contributed by atoms with Gasteiger partial charge in [-0.1, -0.05) is 26.2 Å². The van der Waals surface area contributed by atoms with Crippen molar-refractivity contribution in [1.29, 1.82) is 0 Å². The van der Waals surface area contributed by atoms with Gasteiger partial charge in [0, 0.05) is 0 Å². The minimum Gasteiger partial charge on any atom is -0.0625 e. The van der Waals surface area contributed by atoms with Gasteiger partial charge in [0.1, 0.15) is 0 Å². The summed E-state index contributed by atoms with van der Waals surface area (Å²) in [6, 6.07) is 0. The second-order valence-corrected chi connectivity index (χ2v) is 4.56. The lowest BCUT2D eigenvalue weighted by Gasteiger charge is -2.21. The first kappa shape index (κ1) is 6.69. The van der Waals surface area contributed by atoms with Gasteiger partial charge >= 0.3 is 0 Å². The monoisotopic (exact) mass is 138 g/mol. The standard InChI is InChI=1S/C10H18/c1-9-4-7-10(8-9)5-2-3-6-10/h9H,2-8H2,1H3/t9-/m1/s1. The lowest BCUT2D eigenvalue weighted by molar-refractivity contribution is 0.298. The molecule has 0 heteroatoms. The molecule has 0 aliphatic heterocycles. The third kappa shape index (κ3) is 0.980. The van der Waals surface area contributed by atoms with Crippen molar-refractivity contribution in [2.75, 3.05) is 0 Å². The minimum atomic E-state index is 0.861. The Kier molecular flexibility index (Phi) is 1.51. The van der Waals surface area contributed by atoms with Crippen LogP contribution in [0.1, 0.15) is 51.9 Å². The van der Waals surface area contributed by atoms with Crippen LogP contribution < -0.4 is 0 Å². The highest BCUT2D eigenvalue weighted by Crippen LogP contribution is 2.52. The van der Waals surface area contributed by atoms with Crippen LogP contribution in [0.3, 0.4) is 0 Å². The summed E-state index contributed by atoms with van der Waals surface area (Å²) in [5, 5.41) is 0. The Morgan fingerprint density at radius 2 is 1.80 bits per heavy atom. The Morgan fingerprint density at radius 3 is 2.30 bits per heavy atom. The summed E-state index contributed by atoms with van der Waals surface area (Å²) in [7, 11) is 0. The molecule has 0 bridgehead atoms. The highest BCUT2D eigenvalue weighted by atomic mass is 14.4. The molecule has 0 heterocycles. The van der Waals surface area contributed by atoms with E-state index in [0.717, 1.165) is 11.3 Å². The highest BCUT2D eigenvalue weighted by Gasteiger charge is 2.39. The van der Waals surface area contributed by atoms with E-state index in [2.05, 4.69) is 6.92 Å². The average molecular weight is 138 g/mol. The van der Waals surface area contributed by atoms with Crippen LogP contribution in [-0.2, 0) is 0 Å². The van der Waals surface area contributed by atoms with Gasteiger partial charge in [-0.15, -0.1) is 0 Å². The van der Waals surface area contributed by atoms with Gasteiger partial charge in [0.25, 0.3) is 0 Å². The van der Waals surface area contributed by atoms with Crippen LogP contribution in [0, 0.1) is 11.3 Å². The van der Waals surface area contributed by atoms with E-state index in [-0.39, 0.29) is 0 Å². The first-order valence-corrected chi connectivity index (χ1v) is 4.81. The zero-order chi connectivity index (χ0) is 7.03. The molecule has 2 rings (SSSR count). The molecule has 0 aromatic rings. The number of rotatable bonds is 0. The zero-order valence-electron chi connectivity index (χ0n) is 7.03. The molecule has 10 heavy (non-hydrogen) atoms. The molecule has 0 aromatic carbocycles. The maximum Gasteiger partial charge on any atom is -0.0295 e. The Labute approximate surface area is 64.0 Å². The van der Waals surface area contributed by atoms with E-state index in [1.165, 1.54) is 19.3 Å². The van der Waals surface area contributed by atoms with E-state index in [1.807, 2.05) is 0 Å². The van der Waals surface area contributed by atoms with E-state index in [0.29, 0.717) is 0 Å². The molecule has 0 radical (unpaired) electrons. The van der Waals surface area contributed by atoms with Crippen molar-refractivity contribution < 1.29 is 0 Å². The van der Waals surface area contributed by atoms with Crippen molar-refractivity contribution in [2.45, 2.75) is 51.9 Å². The smallest absolute Gasteiger partial charge is 0.0295 e. The molecule has 0 aromatic heterocycles. The third-order valence-electron chi connectivity index (χ3n) is 3.61. The van der Waals surface area contributed by atoms with Gasteiger partial charge in [-0.05, 0) is 37.0 Å². The van der Waals surface area contributed by atoms with Crippen molar-refractivity contribution in [3.8, 4) is 0 Å². The zero-order valence-corrected chi connectivity index (χ0v) is 7.03. The Morgan fingerprint density at radius 1 is 1.10 bits per heavy atom. The minimum absolute atomic E-state index is 0.861. The first-order valence-electron chi connectivity index (χ1n) is 4.81. The molecular weight excluding hydrogens is 120 g/mol. The van der Waals surface area contributed by atoms with Gasteiger partial charge in [0.15, 0.2) is 0 Å². The Hall–Kier alpha value is 0. The fourth-order valence-corrected chi connectivity index (χ4v) is 3.08. The third-order valence-corrected chi connectivity index (χ3v) is 3.61. The summed E-state index contributed by atoms with van der Waals surface area (Å²) in [6.07, 6.45) is 10.8. The maximum absolute atomic E-state index is 2.42. The molecule has 0 N–H and O–H groups in total. The van der Waals surface area contributed by atoms with Crippen molar-refractivity contribution in [1.82, 2.24) is 0 Å². The molecule has 2 aliphatic carbocycles. The van der Waals surface area contributed by atoms with Gasteiger partial charge in [0.2, 0.25) is 0 Å². The van der Waals surface area contributed by atoms with Gasteiger partial charge in [-0.25, -0.2) is 0 Å².